The van der Waals surface area contributed by atoms with Gasteiger partial charge in [-0.25, -0.2) is 4.39 Å². The number of Topliss-reactive ketones (excluding diaryl/α,β-unsaturated/α-hetero) is 1. The van der Waals surface area contributed by atoms with Crippen LogP contribution in [0.1, 0.15) is 33.9 Å². The van der Waals surface area contributed by atoms with Gasteiger partial charge in [0.15, 0.2) is 5.78 Å². The minimum atomic E-state index is -3.70. The smallest absolute Gasteiger partial charge is 0.305 e. The highest BCUT2D eigenvalue weighted by Gasteiger charge is 2.33. The summed E-state index contributed by atoms with van der Waals surface area (Å²) in [7, 11) is 0. The molecule has 41 heavy (non-hydrogen) atoms. The molecule has 2 amide bonds. The van der Waals surface area contributed by atoms with Gasteiger partial charge in [-0.1, -0.05) is 55.1 Å². The van der Waals surface area contributed by atoms with Crippen LogP contribution in [0.5, 0.6) is 0 Å². The first kappa shape index (κ1) is 30.5. The molecule has 0 aliphatic carbocycles. The van der Waals surface area contributed by atoms with Gasteiger partial charge in [-0.2, -0.15) is 8.78 Å². The minimum absolute atomic E-state index is 0.124. The summed E-state index contributed by atoms with van der Waals surface area (Å²) in [5.74, 6) is -8.33. The lowest BCUT2D eigenvalue weighted by molar-refractivity contribution is -0.140. The zero-order valence-corrected chi connectivity index (χ0v) is 21.6. The molecule has 0 saturated heterocycles. The molecule has 1 heterocycles. The van der Waals surface area contributed by atoms with Crippen molar-refractivity contribution in [3.63, 3.8) is 0 Å². The van der Waals surface area contributed by atoms with E-state index in [4.69, 9.17) is 5.11 Å². The van der Waals surface area contributed by atoms with Gasteiger partial charge < -0.3 is 20.3 Å². The third kappa shape index (κ3) is 7.78. The number of hydrogen-bond donors (Lipinski definition) is 3. The fourth-order valence-corrected chi connectivity index (χ4v) is 3.94. The summed E-state index contributed by atoms with van der Waals surface area (Å²) in [5, 5.41) is 13.6. The monoisotopic (exact) mass is 569 g/mol. The largest absolute Gasteiger partial charge is 0.481 e. The zero-order valence-electron chi connectivity index (χ0n) is 21.6. The Morgan fingerprint density at radius 2 is 1.63 bits per heavy atom. The van der Waals surface area contributed by atoms with Crippen LogP contribution < -0.4 is 16.2 Å². The maximum absolute atomic E-state index is 14.8. The molecule has 2 aromatic carbocycles. The van der Waals surface area contributed by atoms with Gasteiger partial charge >= 0.3 is 5.97 Å². The van der Waals surface area contributed by atoms with E-state index in [1.54, 1.807) is 48.5 Å². The third-order valence-corrected chi connectivity index (χ3v) is 6.09. The highest BCUT2D eigenvalue weighted by molar-refractivity contribution is 6.04. The number of ketones is 1. The summed E-state index contributed by atoms with van der Waals surface area (Å²) in [6.07, 6.45) is -0.187. The van der Waals surface area contributed by atoms with Gasteiger partial charge in [0.25, 0.3) is 17.4 Å². The molecule has 2 atom stereocenters. The number of carboxylic acids is 1. The lowest BCUT2D eigenvalue weighted by atomic mass is 10.0. The van der Waals surface area contributed by atoms with E-state index in [1.807, 2.05) is 0 Å². The number of aromatic nitrogens is 1. The van der Waals surface area contributed by atoms with Crippen molar-refractivity contribution in [2.75, 3.05) is 12.0 Å². The molecule has 0 spiro atoms. The number of allylic oxidation sites excluding steroid dienone is 1. The fraction of sp³-hybridized carbons (Fsp3) is 0.207. The number of carbonyl (C=O) groups excluding carboxylic acids is 3. The van der Waals surface area contributed by atoms with Crippen LogP contribution in [0.3, 0.4) is 0 Å². The molecule has 0 aliphatic rings. The molecule has 0 fully saturated rings. The van der Waals surface area contributed by atoms with E-state index < -0.39 is 71.5 Å². The van der Waals surface area contributed by atoms with E-state index in [0.717, 1.165) is 12.3 Å². The molecule has 3 N–H and O–H groups in total. The molecule has 214 valence electrons. The molecular weight excluding hydrogens is 543 g/mol. The molecule has 0 aliphatic heterocycles. The molecule has 0 radical (unpaired) electrons. The van der Waals surface area contributed by atoms with Crippen molar-refractivity contribution in [3.05, 3.63) is 113 Å². The van der Waals surface area contributed by atoms with Crippen LogP contribution in [0.15, 0.2) is 90.4 Å². The predicted molar refractivity (Wildman–Crippen MR) is 144 cm³/mol. The molecular formula is C29H26F3N3O6. The highest BCUT2D eigenvalue weighted by atomic mass is 19.3. The Kier molecular flexibility index (Phi) is 9.96. The van der Waals surface area contributed by atoms with Crippen LogP contribution in [0.2, 0.25) is 0 Å². The van der Waals surface area contributed by atoms with Gasteiger partial charge in [-0.3, -0.25) is 24.0 Å². The van der Waals surface area contributed by atoms with Crippen molar-refractivity contribution in [3.8, 4) is 0 Å². The summed E-state index contributed by atoms with van der Waals surface area (Å²) in [4.78, 5) is 63.1. The fourth-order valence-electron chi connectivity index (χ4n) is 3.94. The summed E-state index contributed by atoms with van der Waals surface area (Å²) >= 11 is 0. The van der Waals surface area contributed by atoms with Crippen molar-refractivity contribution in [2.24, 2.45) is 0 Å². The molecule has 12 heteroatoms. The van der Waals surface area contributed by atoms with Gasteiger partial charge in [-0.15, -0.1) is 0 Å². The van der Waals surface area contributed by atoms with Gasteiger partial charge in [0, 0.05) is 23.7 Å². The normalized spacial score (nSPS) is 12.6. The van der Waals surface area contributed by atoms with Gasteiger partial charge in [0.1, 0.15) is 24.4 Å². The maximum atomic E-state index is 14.8. The lowest BCUT2D eigenvalue weighted by Crippen LogP contribution is -2.48. The van der Waals surface area contributed by atoms with E-state index in [9.17, 15) is 37.1 Å². The average Bonchev–Trinajstić information content (AvgIpc) is 2.96. The number of aliphatic carboxylic acids is 1. The van der Waals surface area contributed by atoms with Crippen LogP contribution in [0.4, 0.5) is 18.9 Å². The Hall–Kier alpha value is -5.00. The molecule has 3 rings (SSSR count). The zero-order chi connectivity index (χ0) is 30.2. The van der Waals surface area contributed by atoms with E-state index >= 15 is 0 Å². The number of carbonyl (C=O) groups is 4. The third-order valence-electron chi connectivity index (χ3n) is 6.09. The average molecular weight is 570 g/mol. The van der Waals surface area contributed by atoms with Crippen LogP contribution >= 0.6 is 0 Å². The Balaban J connectivity index is 2.16. The second-order valence-electron chi connectivity index (χ2n) is 8.97. The van der Waals surface area contributed by atoms with Crippen LogP contribution in [0, 0.1) is 0 Å². The Labute approximate surface area is 232 Å². The number of pyridine rings is 1. The van der Waals surface area contributed by atoms with Crippen LogP contribution in [-0.2, 0) is 26.7 Å². The summed E-state index contributed by atoms with van der Waals surface area (Å²) < 4.78 is 43.5. The Bertz CT molecular complexity index is 1490. The Morgan fingerprint density at radius 1 is 1.02 bits per heavy atom. The molecule has 1 unspecified atom stereocenters. The number of anilines is 1. The molecule has 0 bridgehead atoms. The number of carboxylic acid groups (broad SMARTS) is 1. The number of amides is 2. The number of halogens is 3. The second kappa shape index (κ2) is 13.4. The second-order valence-corrected chi connectivity index (χ2v) is 8.97. The van der Waals surface area contributed by atoms with Crippen molar-refractivity contribution in [2.45, 2.75) is 30.8 Å². The van der Waals surface area contributed by atoms with Crippen LogP contribution in [-0.4, -0.2) is 46.0 Å². The van der Waals surface area contributed by atoms with Gasteiger partial charge in [0.05, 0.1) is 6.42 Å². The van der Waals surface area contributed by atoms with Crippen molar-refractivity contribution in [1.29, 1.82) is 0 Å². The first-order chi connectivity index (χ1) is 19.5. The van der Waals surface area contributed by atoms with Crippen molar-refractivity contribution >= 4 is 29.3 Å². The SMILES string of the molecule is C=CC(F)(F)c1cc(NC(=O)c2ccccc2)c(=O)n([C@@H](Cc2ccccc2)C(=O)NC(CC(=O)O)C(=O)CF)c1. The quantitative estimate of drug-likeness (QED) is 0.269. The van der Waals surface area contributed by atoms with Crippen LogP contribution in [0.25, 0.3) is 0 Å². The number of alkyl halides is 3. The standard InChI is InChI=1S/C29H26F3N3O6/c1-2-29(31,32)20-14-22(34-26(39)19-11-7-4-8-12-19)28(41)35(17-20)23(13-18-9-5-3-6-10-18)27(40)33-21(15-25(37)38)24(36)16-30/h2-12,14,17,21,23H,1,13,15-16H2,(H,33,40)(H,34,39)(H,37,38)/t21?,23-/m0/s1. The van der Waals surface area contributed by atoms with E-state index in [1.165, 1.54) is 12.1 Å². The first-order valence-corrected chi connectivity index (χ1v) is 12.3. The molecule has 0 saturated carbocycles. The number of hydrogen-bond acceptors (Lipinski definition) is 5. The van der Waals surface area contributed by atoms with E-state index in [0.29, 0.717) is 16.2 Å². The number of nitrogens with one attached hydrogen (secondary N) is 2. The summed E-state index contributed by atoms with van der Waals surface area (Å²) in [6.45, 7) is 1.54. The number of rotatable bonds is 13. The first-order valence-electron chi connectivity index (χ1n) is 12.3. The minimum Gasteiger partial charge on any atom is -0.481 e. The van der Waals surface area contributed by atoms with Crippen molar-refractivity contribution < 1.29 is 37.5 Å². The van der Waals surface area contributed by atoms with Gasteiger partial charge in [-0.05, 0) is 29.8 Å². The highest BCUT2D eigenvalue weighted by Crippen LogP contribution is 2.30. The van der Waals surface area contributed by atoms with E-state index in [-0.39, 0.29) is 12.0 Å². The summed E-state index contributed by atoms with van der Waals surface area (Å²) in [6, 6.07) is 13.1. The van der Waals surface area contributed by atoms with Gasteiger partial charge in [0.2, 0.25) is 5.91 Å². The Morgan fingerprint density at radius 3 is 2.20 bits per heavy atom. The van der Waals surface area contributed by atoms with E-state index in [2.05, 4.69) is 17.2 Å². The van der Waals surface area contributed by atoms with Crippen molar-refractivity contribution in [1.82, 2.24) is 9.88 Å². The number of nitrogens with zero attached hydrogens (tertiary/aromatic N) is 1. The predicted octanol–water partition coefficient (Wildman–Crippen LogP) is 3.66. The maximum Gasteiger partial charge on any atom is 0.305 e. The molecule has 1 aromatic heterocycles. The molecule has 3 aromatic rings. The lowest BCUT2D eigenvalue weighted by Gasteiger charge is -2.25. The number of benzene rings is 2. The topological polar surface area (TPSA) is 135 Å². The molecule has 9 nitrogen and oxygen atoms in total. The summed E-state index contributed by atoms with van der Waals surface area (Å²) in [5.41, 5.74) is -1.81.